The van der Waals surface area contributed by atoms with Crippen molar-refractivity contribution in [1.29, 1.82) is 0 Å². The number of benzene rings is 4. The fourth-order valence-electron chi connectivity index (χ4n) is 6.91. The molecule has 5 N–H and O–H groups in total. The summed E-state index contributed by atoms with van der Waals surface area (Å²) in [6.07, 6.45) is 13.8. The van der Waals surface area contributed by atoms with Crippen LogP contribution in [0.3, 0.4) is 0 Å². The molecule has 2 unspecified atom stereocenters. The standard InChI is InChI=1S/C39H50N4O11S3.C5H5N/c1-4-5-6-7-8-9-10-11-15-18-32(45)23-27(2)43(31-16-13-12-14-17-31)55(47,48)33-21-19-30(20-22-33)41-42-38-36(57(52,53)54)25-29-24-34(56(49,50)51)26-35(40-28(3)44)37(29)39(38)46;1-2-4-6-5-3-1/h12-14,16-17,19-22,24-27,32,45-46H,4-11,15,18,23H2,1-3H3,(H,40,44)(H,49,50,51)(H,52,53,54);1-5H. The van der Waals surface area contributed by atoms with Crippen LogP contribution >= 0.6 is 0 Å². The van der Waals surface area contributed by atoms with Gasteiger partial charge >= 0.3 is 0 Å². The number of pyridine rings is 1. The molecule has 0 aliphatic carbocycles. The number of sulfonamides is 1. The highest BCUT2D eigenvalue weighted by Crippen LogP contribution is 2.45. The summed E-state index contributed by atoms with van der Waals surface area (Å²) in [5.74, 6) is -1.62. The lowest BCUT2D eigenvalue weighted by Gasteiger charge is -2.32. The predicted molar refractivity (Wildman–Crippen MR) is 242 cm³/mol. The highest BCUT2D eigenvalue weighted by Gasteiger charge is 2.31. The van der Waals surface area contributed by atoms with Gasteiger partial charge in [-0.3, -0.25) is 23.2 Å². The highest BCUT2D eigenvalue weighted by molar-refractivity contribution is 7.92. The van der Waals surface area contributed by atoms with Crippen molar-refractivity contribution in [2.45, 2.75) is 118 Å². The molecule has 5 aromatic rings. The zero-order chi connectivity index (χ0) is 46.2. The first kappa shape index (κ1) is 50.3. The van der Waals surface area contributed by atoms with Gasteiger partial charge in [-0.2, -0.15) is 21.9 Å². The summed E-state index contributed by atoms with van der Waals surface area (Å²) in [7, 11) is -14.2. The number of aliphatic hydroxyl groups is 1. The number of carbonyl (C=O) groups excluding carboxylic acids is 1. The van der Waals surface area contributed by atoms with Crippen molar-refractivity contribution in [2.75, 3.05) is 9.62 Å². The van der Waals surface area contributed by atoms with Crippen molar-refractivity contribution in [1.82, 2.24) is 4.98 Å². The van der Waals surface area contributed by atoms with Gasteiger partial charge < -0.3 is 15.5 Å². The normalized spacial score (nSPS) is 13.0. The fraction of sp³-hybridized carbons (Fsp3) is 0.364. The first-order chi connectivity index (χ1) is 29.8. The Labute approximate surface area is 369 Å². The average molecular weight is 926 g/mol. The third-order valence-corrected chi connectivity index (χ3v) is 13.6. The van der Waals surface area contributed by atoms with Gasteiger partial charge in [0.25, 0.3) is 30.3 Å². The van der Waals surface area contributed by atoms with Crippen molar-refractivity contribution in [2.24, 2.45) is 10.2 Å². The number of phenols is 1. The maximum absolute atomic E-state index is 14.2. The molecule has 1 heterocycles. The van der Waals surface area contributed by atoms with E-state index in [1.54, 1.807) is 49.6 Å². The number of unbranched alkanes of at least 4 members (excludes halogenated alkanes) is 8. The number of nitrogens with zero attached hydrogens (tertiary/aromatic N) is 4. The molecule has 5 rings (SSSR count). The summed E-state index contributed by atoms with van der Waals surface area (Å²) >= 11 is 0. The number of hydrogen-bond acceptors (Lipinski definition) is 12. The fourth-order valence-corrected chi connectivity index (χ4v) is 9.78. The molecule has 0 radical (unpaired) electrons. The first-order valence-electron chi connectivity index (χ1n) is 20.5. The second kappa shape index (κ2) is 23.4. The van der Waals surface area contributed by atoms with E-state index in [2.05, 4.69) is 27.5 Å². The maximum Gasteiger partial charge on any atom is 0.296 e. The number of aromatic nitrogens is 1. The van der Waals surface area contributed by atoms with E-state index in [0.29, 0.717) is 12.1 Å². The van der Waals surface area contributed by atoms with E-state index in [1.807, 2.05) is 18.2 Å². The SMILES string of the molecule is CCCCCCCCCCCC(O)CC(C)N(c1ccccc1)S(=O)(=O)c1ccc(N=Nc2c(S(=O)(=O)O)cc3cc(S(=O)(=O)O)cc(NC(C)=O)c3c2O)cc1.c1ccncc1. The monoisotopic (exact) mass is 925 g/mol. The van der Waals surface area contributed by atoms with E-state index in [9.17, 15) is 49.4 Å². The number of carbonyl (C=O) groups is 1. The predicted octanol–water partition coefficient (Wildman–Crippen LogP) is 9.75. The van der Waals surface area contributed by atoms with Crippen molar-refractivity contribution in [3.05, 3.63) is 103 Å². The summed E-state index contributed by atoms with van der Waals surface area (Å²) in [5, 5.41) is 31.6. The molecule has 0 saturated heterocycles. The molecule has 0 fully saturated rings. The molecule has 16 nitrogen and oxygen atoms in total. The van der Waals surface area contributed by atoms with Gasteiger partial charge in [0.2, 0.25) is 5.91 Å². The van der Waals surface area contributed by atoms with Crippen LogP contribution in [0.1, 0.15) is 91.4 Å². The van der Waals surface area contributed by atoms with Crippen LogP contribution in [0, 0.1) is 0 Å². The van der Waals surface area contributed by atoms with Gasteiger partial charge in [0, 0.05) is 30.7 Å². The second-order valence-corrected chi connectivity index (χ2v) is 19.6. The second-order valence-electron chi connectivity index (χ2n) is 15.0. The molecule has 2 atom stereocenters. The van der Waals surface area contributed by atoms with Gasteiger partial charge in [-0.15, -0.1) is 5.11 Å². The van der Waals surface area contributed by atoms with E-state index in [1.165, 1.54) is 60.7 Å². The van der Waals surface area contributed by atoms with Gasteiger partial charge in [0.15, 0.2) is 5.75 Å². The topological polar surface area (TPSA) is 253 Å². The molecule has 1 amide bonds. The van der Waals surface area contributed by atoms with E-state index in [4.69, 9.17) is 0 Å². The molecular weight excluding hydrogens is 871 g/mol. The molecule has 4 aromatic carbocycles. The van der Waals surface area contributed by atoms with Crippen LogP contribution < -0.4 is 9.62 Å². The Kier molecular flexibility index (Phi) is 18.7. The Morgan fingerprint density at radius 3 is 1.86 bits per heavy atom. The lowest BCUT2D eigenvalue weighted by molar-refractivity contribution is -0.114. The number of aromatic hydroxyl groups is 1. The summed E-state index contributed by atoms with van der Waals surface area (Å²) in [4.78, 5) is 13.9. The van der Waals surface area contributed by atoms with Crippen LogP contribution in [0.25, 0.3) is 10.8 Å². The molecule has 63 heavy (non-hydrogen) atoms. The quantitative estimate of drug-likeness (QED) is 0.0262. The smallest absolute Gasteiger partial charge is 0.296 e. The molecule has 0 spiro atoms. The number of fused-ring (bicyclic) bond motifs is 1. The number of amides is 1. The van der Waals surface area contributed by atoms with E-state index in [-0.39, 0.29) is 33.5 Å². The minimum Gasteiger partial charge on any atom is -0.505 e. The number of anilines is 2. The van der Waals surface area contributed by atoms with Crippen molar-refractivity contribution >= 4 is 69.7 Å². The van der Waals surface area contributed by atoms with Gasteiger partial charge in [-0.25, -0.2) is 8.42 Å². The van der Waals surface area contributed by atoms with Crippen LogP contribution in [-0.4, -0.2) is 67.6 Å². The van der Waals surface area contributed by atoms with Crippen LogP contribution in [0.4, 0.5) is 22.7 Å². The summed E-state index contributed by atoms with van der Waals surface area (Å²) in [6.45, 7) is 5.01. The number of rotatable bonds is 21. The van der Waals surface area contributed by atoms with E-state index < -0.39 is 69.5 Å². The molecule has 1 aromatic heterocycles. The molecule has 0 saturated carbocycles. The summed E-state index contributed by atoms with van der Waals surface area (Å²) in [5.41, 5.74) is -0.700. The Morgan fingerprint density at radius 2 is 1.33 bits per heavy atom. The summed E-state index contributed by atoms with van der Waals surface area (Å²) < 4.78 is 97.8. The summed E-state index contributed by atoms with van der Waals surface area (Å²) in [6, 6.07) is 21.1. The minimum atomic E-state index is -5.14. The Balaban J connectivity index is 0.00000133. The number of azo groups is 1. The molecule has 0 aliphatic heterocycles. The molecular formula is C44H55N5O11S3. The third-order valence-electron chi connectivity index (χ3n) is 9.90. The minimum absolute atomic E-state index is 0.00855. The number of nitrogens with one attached hydrogen (secondary N) is 1. The zero-order valence-corrected chi connectivity index (χ0v) is 37.9. The van der Waals surface area contributed by atoms with Gasteiger partial charge in [-0.1, -0.05) is 89.0 Å². The van der Waals surface area contributed by atoms with Gasteiger partial charge in [-0.05, 0) is 91.9 Å². The Morgan fingerprint density at radius 1 is 0.746 bits per heavy atom. The van der Waals surface area contributed by atoms with E-state index >= 15 is 0 Å². The highest BCUT2D eigenvalue weighted by atomic mass is 32.2. The van der Waals surface area contributed by atoms with Crippen LogP contribution in [0.15, 0.2) is 128 Å². The number of hydrogen-bond donors (Lipinski definition) is 5. The van der Waals surface area contributed by atoms with Gasteiger partial charge in [0.1, 0.15) is 10.6 Å². The maximum atomic E-state index is 14.2. The van der Waals surface area contributed by atoms with Crippen molar-refractivity contribution < 1.29 is 49.4 Å². The van der Waals surface area contributed by atoms with Crippen LogP contribution in [0.5, 0.6) is 5.75 Å². The van der Waals surface area contributed by atoms with Crippen molar-refractivity contribution in [3.8, 4) is 5.75 Å². The zero-order valence-electron chi connectivity index (χ0n) is 35.4. The lowest BCUT2D eigenvalue weighted by Crippen LogP contribution is -2.40. The first-order valence-corrected chi connectivity index (χ1v) is 24.9. The number of phenolic OH excluding ortho intramolecular Hbond substituents is 1. The number of para-hydroxylation sites is 1. The van der Waals surface area contributed by atoms with Crippen LogP contribution in [0.2, 0.25) is 0 Å². The van der Waals surface area contributed by atoms with Crippen molar-refractivity contribution in [3.63, 3.8) is 0 Å². The Hall–Kier alpha value is -5.31. The molecule has 0 aliphatic rings. The van der Waals surface area contributed by atoms with Crippen LogP contribution in [-0.2, 0) is 35.1 Å². The number of aliphatic hydroxyl groups excluding tert-OH is 1. The largest absolute Gasteiger partial charge is 0.505 e. The van der Waals surface area contributed by atoms with Gasteiger partial charge in [0.05, 0.1) is 33.0 Å². The Bertz CT molecular complexity index is 2610. The lowest BCUT2D eigenvalue weighted by atomic mass is 10.0. The van der Waals surface area contributed by atoms with E-state index in [0.717, 1.165) is 50.8 Å². The third kappa shape index (κ3) is 14.9. The molecule has 19 heteroatoms. The molecule has 0 bridgehead atoms. The molecule has 340 valence electrons. The average Bonchev–Trinajstić information content (AvgIpc) is 3.23.